The molecule has 1 saturated heterocycles. The summed E-state index contributed by atoms with van der Waals surface area (Å²) in [6.07, 6.45) is 5.25. The molecule has 1 aliphatic rings. The molecule has 0 spiro atoms. The molecule has 14 heavy (non-hydrogen) atoms. The average molecular weight is 197 g/mol. The van der Waals surface area contributed by atoms with E-state index >= 15 is 0 Å². The van der Waals surface area contributed by atoms with Gasteiger partial charge >= 0.3 is 0 Å². The van der Waals surface area contributed by atoms with E-state index in [-0.39, 0.29) is 11.7 Å². The van der Waals surface area contributed by atoms with Crippen LogP contribution in [0.1, 0.15) is 45.4 Å². The Kier molecular flexibility index (Phi) is 4.63. The van der Waals surface area contributed by atoms with Crippen LogP contribution in [0.2, 0.25) is 0 Å². The van der Waals surface area contributed by atoms with Crippen LogP contribution in [-0.2, 0) is 9.59 Å². The van der Waals surface area contributed by atoms with E-state index in [1.54, 1.807) is 4.90 Å². The van der Waals surface area contributed by atoms with Crippen LogP contribution in [0.25, 0.3) is 0 Å². The summed E-state index contributed by atoms with van der Waals surface area (Å²) in [5.74, 6) is 0.356. The Morgan fingerprint density at radius 3 is 2.86 bits per heavy atom. The van der Waals surface area contributed by atoms with Crippen molar-refractivity contribution in [3.05, 3.63) is 0 Å². The highest BCUT2D eigenvalue weighted by atomic mass is 16.2. The molecule has 0 aromatic heterocycles. The Hall–Kier alpha value is -0.860. The topological polar surface area (TPSA) is 37.4 Å². The van der Waals surface area contributed by atoms with Crippen LogP contribution in [0.4, 0.5) is 0 Å². The van der Waals surface area contributed by atoms with Crippen LogP contribution >= 0.6 is 0 Å². The molecule has 1 amide bonds. The zero-order chi connectivity index (χ0) is 10.4. The molecular weight excluding hydrogens is 178 g/mol. The van der Waals surface area contributed by atoms with Crippen LogP contribution < -0.4 is 0 Å². The minimum atomic E-state index is 0.159. The Labute approximate surface area is 85.5 Å². The maximum absolute atomic E-state index is 11.5. The van der Waals surface area contributed by atoms with Crippen molar-refractivity contribution >= 4 is 11.7 Å². The average Bonchev–Trinajstić information content (AvgIpc) is 2.33. The lowest BCUT2D eigenvalue weighted by atomic mass is 10.2. The van der Waals surface area contributed by atoms with Gasteiger partial charge in [0.25, 0.3) is 0 Å². The minimum absolute atomic E-state index is 0.159. The smallest absolute Gasteiger partial charge is 0.222 e. The molecule has 0 atom stereocenters. The maximum atomic E-state index is 11.5. The van der Waals surface area contributed by atoms with Gasteiger partial charge in [0.2, 0.25) is 5.91 Å². The van der Waals surface area contributed by atoms with E-state index in [4.69, 9.17) is 0 Å². The second kappa shape index (κ2) is 5.78. The van der Waals surface area contributed by atoms with Crippen LogP contribution in [0, 0.1) is 0 Å². The van der Waals surface area contributed by atoms with Gasteiger partial charge < -0.3 is 4.90 Å². The van der Waals surface area contributed by atoms with Gasteiger partial charge in [-0.15, -0.1) is 0 Å². The number of likely N-dealkylation sites (tertiary alicyclic amines) is 1. The standard InChI is InChI=1S/C11H19NO2/c1-2-6-10(13)9-12-8-5-3-4-7-11(12)14/h2-9H2,1H3. The Bertz CT molecular complexity index is 213. The molecule has 3 heteroatoms. The molecule has 80 valence electrons. The van der Waals surface area contributed by atoms with Gasteiger partial charge in [-0.05, 0) is 19.3 Å². The first kappa shape index (κ1) is 11.2. The highest BCUT2D eigenvalue weighted by Gasteiger charge is 2.18. The number of hydrogen-bond acceptors (Lipinski definition) is 2. The van der Waals surface area contributed by atoms with E-state index in [0.29, 0.717) is 19.4 Å². The number of carbonyl (C=O) groups excluding carboxylic acids is 2. The van der Waals surface area contributed by atoms with E-state index in [9.17, 15) is 9.59 Å². The fraction of sp³-hybridized carbons (Fsp3) is 0.818. The van der Waals surface area contributed by atoms with E-state index in [1.165, 1.54) is 0 Å². The second-order valence-corrected chi connectivity index (χ2v) is 3.91. The predicted molar refractivity (Wildman–Crippen MR) is 55.0 cm³/mol. The van der Waals surface area contributed by atoms with Crippen molar-refractivity contribution in [3.8, 4) is 0 Å². The number of rotatable bonds is 4. The van der Waals surface area contributed by atoms with Crippen molar-refractivity contribution < 1.29 is 9.59 Å². The number of nitrogens with zero attached hydrogens (tertiary/aromatic N) is 1. The minimum Gasteiger partial charge on any atom is -0.335 e. The molecule has 1 heterocycles. The van der Waals surface area contributed by atoms with E-state index < -0.39 is 0 Å². The normalized spacial score (nSPS) is 18.1. The summed E-state index contributed by atoms with van der Waals surface area (Å²) in [4.78, 5) is 24.6. The molecule has 0 N–H and O–H groups in total. The number of carbonyl (C=O) groups is 2. The fourth-order valence-electron chi connectivity index (χ4n) is 1.78. The first-order valence-corrected chi connectivity index (χ1v) is 5.53. The van der Waals surface area contributed by atoms with Crippen LogP contribution in [0.3, 0.4) is 0 Å². The summed E-state index contributed by atoms with van der Waals surface area (Å²) >= 11 is 0. The lowest BCUT2D eigenvalue weighted by Gasteiger charge is -2.19. The zero-order valence-corrected chi connectivity index (χ0v) is 8.92. The molecule has 0 aromatic carbocycles. The SMILES string of the molecule is CCCC(=O)CN1CCCCCC1=O. The largest absolute Gasteiger partial charge is 0.335 e. The van der Waals surface area contributed by atoms with E-state index in [2.05, 4.69) is 0 Å². The van der Waals surface area contributed by atoms with Crippen molar-refractivity contribution in [2.45, 2.75) is 45.4 Å². The third kappa shape index (κ3) is 3.48. The quantitative estimate of drug-likeness (QED) is 0.688. The predicted octanol–water partition coefficient (Wildman–Crippen LogP) is 1.76. The fourth-order valence-corrected chi connectivity index (χ4v) is 1.78. The molecule has 1 aliphatic heterocycles. The Balaban J connectivity index is 2.40. The van der Waals surface area contributed by atoms with Crippen LogP contribution in [-0.4, -0.2) is 29.7 Å². The van der Waals surface area contributed by atoms with Gasteiger partial charge in [-0.3, -0.25) is 9.59 Å². The molecule has 0 radical (unpaired) electrons. The Morgan fingerprint density at radius 2 is 2.14 bits per heavy atom. The van der Waals surface area contributed by atoms with Gasteiger partial charge in [-0.2, -0.15) is 0 Å². The van der Waals surface area contributed by atoms with Crippen LogP contribution in [0.5, 0.6) is 0 Å². The second-order valence-electron chi connectivity index (χ2n) is 3.91. The summed E-state index contributed by atoms with van der Waals surface area (Å²) < 4.78 is 0. The first-order chi connectivity index (χ1) is 6.74. The third-order valence-corrected chi connectivity index (χ3v) is 2.57. The van der Waals surface area contributed by atoms with Crippen LogP contribution in [0.15, 0.2) is 0 Å². The summed E-state index contributed by atoms with van der Waals surface area (Å²) in [5, 5.41) is 0. The van der Waals surface area contributed by atoms with Gasteiger partial charge in [0.15, 0.2) is 5.78 Å². The molecule has 0 aromatic rings. The summed E-state index contributed by atoms with van der Waals surface area (Å²) in [6.45, 7) is 3.10. The monoisotopic (exact) mass is 197 g/mol. The Morgan fingerprint density at radius 1 is 1.36 bits per heavy atom. The van der Waals surface area contributed by atoms with Gasteiger partial charge in [0, 0.05) is 19.4 Å². The van der Waals surface area contributed by atoms with E-state index in [1.807, 2.05) is 6.92 Å². The van der Waals surface area contributed by atoms with Crippen molar-refractivity contribution in [1.29, 1.82) is 0 Å². The third-order valence-electron chi connectivity index (χ3n) is 2.57. The molecule has 1 rings (SSSR count). The highest BCUT2D eigenvalue weighted by molar-refractivity contribution is 5.86. The van der Waals surface area contributed by atoms with Crippen molar-refractivity contribution in [2.24, 2.45) is 0 Å². The lowest BCUT2D eigenvalue weighted by molar-refractivity contribution is -0.134. The molecule has 0 saturated carbocycles. The van der Waals surface area contributed by atoms with Gasteiger partial charge in [0.05, 0.1) is 6.54 Å². The van der Waals surface area contributed by atoms with Crippen molar-refractivity contribution in [2.75, 3.05) is 13.1 Å². The van der Waals surface area contributed by atoms with E-state index in [0.717, 1.165) is 32.2 Å². The molecule has 3 nitrogen and oxygen atoms in total. The van der Waals surface area contributed by atoms with Gasteiger partial charge in [0.1, 0.15) is 0 Å². The van der Waals surface area contributed by atoms with Crippen molar-refractivity contribution in [1.82, 2.24) is 4.90 Å². The summed E-state index contributed by atoms with van der Waals surface area (Å²) in [7, 11) is 0. The molecule has 0 aliphatic carbocycles. The number of hydrogen-bond donors (Lipinski definition) is 0. The zero-order valence-electron chi connectivity index (χ0n) is 8.92. The number of amides is 1. The molecular formula is C11H19NO2. The summed E-state index contributed by atoms with van der Waals surface area (Å²) in [5.41, 5.74) is 0. The number of Topliss-reactive ketones (excluding diaryl/α,β-unsaturated/α-hetero) is 1. The number of ketones is 1. The van der Waals surface area contributed by atoms with Crippen molar-refractivity contribution in [3.63, 3.8) is 0 Å². The molecule has 1 fully saturated rings. The summed E-state index contributed by atoms with van der Waals surface area (Å²) in [6, 6.07) is 0. The lowest BCUT2D eigenvalue weighted by Crippen LogP contribution is -2.35. The molecule has 0 unspecified atom stereocenters. The maximum Gasteiger partial charge on any atom is 0.222 e. The van der Waals surface area contributed by atoms with Gasteiger partial charge in [-0.1, -0.05) is 13.3 Å². The highest BCUT2D eigenvalue weighted by Crippen LogP contribution is 2.11. The van der Waals surface area contributed by atoms with Gasteiger partial charge in [-0.25, -0.2) is 0 Å². The molecule has 0 bridgehead atoms. The first-order valence-electron chi connectivity index (χ1n) is 5.53.